The Bertz CT molecular complexity index is 315. The number of rotatable bonds is 8. The van der Waals surface area contributed by atoms with E-state index in [9.17, 15) is 0 Å². The summed E-state index contributed by atoms with van der Waals surface area (Å²) in [6.45, 7) is 7.99. The number of halogens is 1. The zero-order valence-electron chi connectivity index (χ0n) is 10.7. The molecule has 0 atom stereocenters. The molecule has 0 radical (unpaired) electrons. The molecule has 96 valence electrons. The van der Waals surface area contributed by atoms with Crippen molar-refractivity contribution in [1.29, 1.82) is 0 Å². The SMILES string of the molecule is CC(C)COCCCNCc1cccc(Br)c1. The summed E-state index contributed by atoms with van der Waals surface area (Å²) in [5, 5.41) is 3.42. The van der Waals surface area contributed by atoms with E-state index in [0.29, 0.717) is 5.92 Å². The van der Waals surface area contributed by atoms with Gasteiger partial charge in [0.15, 0.2) is 0 Å². The van der Waals surface area contributed by atoms with E-state index in [0.717, 1.165) is 37.2 Å². The van der Waals surface area contributed by atoms with Crippen molar-refractivity contribution in [3.8, 4) is 0 Å². The van der Waals surface area contributed by atoms with Crippen molar-refractivity contribution in [3.63, 3.8) is 0 Å². The Labute approximate surface area is 113 Å². The molecule has 0 saturated heterocycles. The van der Waals surface area contributed by atoms with E-state index in [1.54, 1.807) is 0 Å². The number of ether oxygens (including phenoxy) is 1. The number of hydrogen-bond acceptors (Lipinski definition) is 2. The monoisotopic (exact) mass is 299 g/mol. The van der Waals surface area contributed by atoms with Crippen LogP contribution in [-0.2, 0) is 11.3 Å². The summed E-state index contributed by atoms with van der Waals surface area (Å²) in [6.07, 6.45) is 1.07. The summed E-state index contributed by atoms with van der Waals surface area (Å²) in [4.78, 5) is 0. The predicted molar refractivity (Wildman–Crippen MR) is 76.1 cm³/mol. The van der Waals surface area contributed by atoms with Crippen LogP contribution in [0, 0.1) is 5.92 Å². The Hall–Kier alpha value is -0.380. The Kier molecular flexibility index (Phi) is 7.49. The lowest BCUT2D eigenvalue weighted by Crippen LogP contribution is -2.16. The van der Waals surface area contributed by atoms with Gasteiger partial charge in [-0.05, 0) is 36.6 Å². The lowest BCUT2D eigenvalue weighted by molar-refractivity contribution is 0.108. The number of benzene rings is 1. The summed E-state index contributed by atoms with van der Waals surface area (Å²) in [7, 11) is 0. The third-order valence-corrected chi connectivity index (χ3v) is 2.80. The summed E-state index contributed by atoms with van der Waals surface area (Å²) in [6, 6.07) is 8.38. The van der Waals surface area contributed by atoms with Crippen molar-refractivity contribution in [2.24, 2.45) is 5.92 Å². The molecule has 2 nitrogen and oxygen atoms in total. The van der Waals surface area contributed by atoms with E-state index in [2.05, 4.69) is 53.3 Å². The maximum Gasteiger partial charge on any atom is 0.0489 e. The van der Waals surface area contributed by atoms with Crippen LogP contribution in [0.4, 0.5) is 0 Å². The topological polar surface area (TPSA) is 21.3 Å². The molecule has 0 amide bonds. The molecule has 17 heavy (non-hydrogen) atoms. The number of hydrogen-bond donors (Lipinski definition) is 1. The van der Waals surface area contributed by atoms with Gasteiger partial charge in [0.25, 0.3) is 0 Å². The summed E-state index contributed by atoms with van der Waals surface area (Å²) >= 11 is 3.47. The second-order valence-electron chi connectivity index (χ2n) is 4.63. The summed E-state index contributed by atoms with van der Waals surface area (Å²) < 4.78 is 6.66. The fraction of sp³-hybridized carbons (Fsp3) is 0.571. The van der Waals surface area contributed by atoms with Gasteiger partial charge in [-0.15, -0.1) is 0 Å². The van der Waals surface area contributed by atoms with E-state index >= 15 is 0 Å². The Balaban J connectivity index is 2.01. The molecular weight excluding hydrogens is 278 g/mol. The Morgan fingerprint density at radius 1 is 1.35 bits per heavy atom. The highest BCUT2D eigenvalue weighted by molar-refractivity contribution is 9.10. The van der Waals surface area contributed by atoms with Gasteiger partial charge < -0.3 is 10.1 Å². The van der Waals surface area contributed by atoms with E-state index in [4.69, 9.17) is 4.74 Å². The van der Waals surface area contributed by atoms with Gasteiger partial charge >= 0.3 is 0 Å². The van der Waals surface area contributed by atoms with Crippen LogP contribution in [0.15, 0.2) is 28.7 Å². The Morgan fingerprint density at radius 2 is 2.18 bits per heavy atom. The van der Waals surface area contributed by atoms with Crippen LogP contribution < -0.4 is 5.32 Å². The predicted octanol–water partition coefficient (Wildman–Crippen LogP) is 3.60. The molecular formula is C14H22BrNO. The minimum atomic E-state index is 0.629. The molecule has 1 aromatic carbocycles. The summed E-state index contributed by atoms with van der Waals surface area (Å²) in [5.41, 5.74) is 1.31. The van der Waals surface area contributed by atoms with Gasteiger partial charge in [-0.3, -0.25) is 0 Å². The van der Waals surface area contributed by atoms with Crippen LogP contribution in [-0.4, -0.2) is 19.8 Å². The first-order valence-electron chi connectivity index (χ1n) is 6.21. The first-order valence-corrected chi connectivity index (χ1v) is 7.00. The first kappa shape index (κ1) is 14.7. The highest BCUT2D eigenvalue weighted by atomic mass is 79.9. The van der Waals surface area contributed by atoms with Crippen LogP contribution in [0.25, 0.3) is 0 Å². The van der Waals surface area contributed by atoms with Gasteiger partial charge in [0.1, 0.15) is 0 Å². The normalized spacial score (nSPS) is 11.1. The molecule has 1 N–H and O–H groups in total. The van der Waals surface area contributed by atoms with E-state index in [1.807, 2.05) is 6.07 Å². The third-order valence-electron chi connectivity index (χ3n) is 2.31. The lowest BCUT2D eigenvalue weighted by atomic mass is 10.2. The van der Waals surface area contributed by atoms with E-state index in [-0.39, 0.29) is 0 Å². The van der Waals surface area contributed by atoms with Crippen LogP contribution in [0.2, 0.25) is 0 Å². The van der Waals surface area contributed by atoms with Crippen LogP contribution in [0.1, 0.15) is 25.8 Å². The molecule has 0 saturated carbocycles. The van der Waals surface area contributed by atoms with Gasteiger partial charge in [-0.25, -0.2) is 0 Å². The van der Waals surface area contributed by atoms with Gasteiger partial charge in [0.2, 0.25) is 0 Å². The maximum absolute atomic E-state index is 5.52. The molecule has 1 rings (SSSR count). The molecule has 0 aromatic heterocycles. The van der Waals surface area contributed by atoms with Gasteiger partial charge in [0, 0.05) is 24.2 Å². The molecule has 1 aromatic rings. The largest absolute Gasteiger partial charge is 0.381 e. The minimum Gasteiger partial charge on any atom is -0.381 e. The van der Waals surface area contributed by atoms with Crippen molar-refractivity contribution in [1.82, 2.24) is 5.32 Å². The summed E-state index contributed by atoms with van der Waals surface area (Å²) in [5.74, 6) is 0.629. The van der Waals surface area contributed by atoms with Gasteiger partial charge in [-0.2, -0.15) is 0 Å². The molecule has 0 aliphatic heterocycles. The zero-order valence-corrected chi connectivity index (χ0v) is 12.3. The molecule has 0 aliphatic rings. The maximum atomic E-state index is 5.52. The average molecular weight is 300 g/mol. The molecule has 0 fully saturated rings. The van der Waals surface area contributed by atoms with Crippen molar-refractivity contribution in [3.05, 3.63) is 34.3 Å². The highest BCUT2D eigenvalue weighted by Gasteiger charge is 1.95. The molecule has 0 aliphatic carbocycles. The minimum absolute atomic E-state index is 0.629. The van der Waals surface area contributed by atoms with Crippen molar-refractivity contribution < 1.29 is 4.74 Å². The quantitative estimate of drug-likeness (QED) is 0.741. The fourth-order valence-electron chi connectivity index (χ4n) is 1.50. The molecule has 0 heterocycles. The van der Waals surface area contributed by atoms with Crippen molar-refractivity contribution >= 4 is 15.9 Å². The van der Waals surface area contributed by atoms with E-state index in [1.165, 1.54) is 5.56 Å². The van der Waals surface area contributed by atoms with Crippen LogP contribution in [0.5, 0.6) is 0 Å². The third kappa shape index (κ3) is 7.53. The molecule has 3 heteroatoms. The van der Waals surface area contributed by atoms with Crippen LogP contribution in [0.3, 0.4) is 0 Å². The van der Waals surface area contributed by atoms with Crippen molar-refractivity contribution in [2.45, 2.75) is 26.8 Å². The first-order chi connectivity index (χ1) is 8.18. The highest BCUT2D eigenvalue weighted by Crippen LogP contribution is 2.11. The van der Waals surface area contributed by atoms with Gasteiger partial charge in [0.05, 0.1) is 0 Å². The fourth-order valence-corrected chi connectivity index (χ4v) is 1.94. The molecule has 0 bridgehead atoms. The zero-order chi connectivity index (χ0) is 12.5. The van der Waals surface area contributed by atoms with Gasteiger partial charge in [-0.1, -0.05) is 41.9 Å². The van der Waals surface area contributed by atoms with Crippen LogP contribution >= 0.6 is 15.9 Å². The smallest absolute Gasteiger partial charge is 0.0489 e. The standard InChI is InChI=1S/C14H22BrNO/c1-12(2)11-17-8-4-7-16-10-13-5-3-6-14(15)9-13/h3,5-6,9,12,16H,4,7-8,10-11H2,1-2H3. The second-order valence-corrected chi connectivity index (χ2v) is 5.54. The van der Waals surface area contributed by atoms with E-state index < -0.39 is 0 Å². The van der Waals surface area contributed by atoms with Crippen molar-refractivity contribution in [2.75, 3.05) is 19.8 Å². The molecule has 0 spiro atoms. The second kappa shape index (κ2) is 8.67. The number of nitrogens with one attached hydrogen (secondary N) is 1. The average Bonchev–Trinajstić information content (AvgIpc) is 2.27. The molecule has 0 unspecified atom stereocenters. The Morgan fingerprint density at radius 3 is 2.88 bits per heavy atom. The lowest BCUT2D eigenvalue weighted by Gasteiger charge is -2.08.